The number of aromatic nitrogens is 2. The molecule has 1 aromatic carbocycles. The summed E-state index contributed by atoms with van der Waals surface area (Å²) in [7, 11) is 0. The molecule has 0 saturated carbocycles. The summed E-state index contributed by atoms with van der Waals surface area (Å²) in [6.45, 7) is 0.734. The molecule has 1 aromatic heterocycles. The van der Waals surface area contributed by atoms with Crippen molar-refractivity contribution in [3.8, 4) is 0 Å². The molecular formula is C14H12F3N3. The molecule has 1 atom stereocenters. The van der Waals surface area contributed by atoms with E-state index in [1.54, 1.807) is 12.4 Å². The summed E-state index contributed by atoms with van der Waals surface area (Å²) in [5, 5.41) is 3.27. The fourth-order valence-corrected chi connectivity index (χ4v) is 2.38. The first kappa shape index (κ1) is 13.1. The van der Waals surface area contributed by atoms with Crippen LogP contribution in [0.15, 0.2) is 36.7 Å². The van der Waals surface area contributed by atoms with Gasteiger partial charge in [0.25, 0.3) is 0 Å². The lowest BCUT2D eigenvalue weighted by Gasteiger charge is -2.25. The highest BCUT2D eigenvalue weighted by Gasteiger charge is 2.31. The minimum Gasteiger partial charge on any atom is -0.305 e. The fourth-order valence-electron chi connectivity index (χ4n) is 2.38. The van der Waals surface area contributed by atoms with Crippen molar-refractivity contribution in [3.63, 3.8) is 0 Å². The first-order valence-corrected chi connectivity index (χ1v) is 6.26. The van der Waals surface area contributed by atoms with Crippen LogP contribution in [0.2, 0.25) is 0 Å². The quantitative estimate of drug-likeness (QED) is 0.872. The van der Waals surface area contributed by atoms with Gasteiger partial charge in [0, 0.05) is 25.4 Å². The topological polar surface area (TPSA) is 37.8 Å². The number of fused-ring (bicyclic) bond motifs is 1. The van der Waals surface area contributed by atoms with Crippen LogP contribution in [0.25, 0.3) is 0 Å². The van der Waals surface area contributed by atoms with Gasteiger partial charge in [-0.05, 0) is 17.7 Å². The third-order valence-electron chi connectivity index (χ3n) is 3.36. The summed E-state index contributed by atoms with van der Waals surface area (Å²) >= 11 is 0. The van der Waals surface area contributed by atoms with E-state index in [9.17, 15) is 13.2 Å². The molecule has 1 unspecified atom stereocenters. The van der Waals surface area contributed by atoms with E-state index in [-0.39, 0.29) is 6.04 Å². The second-order valence-electron chi connectivity index (χ2n) is 4.65. The van der Waals surface area contributed by atoms with E-state index in [4.69, 9.17) is 0 Å². The lowest BCUT2D eigenvalue weighted by atomic mass is 9.96. The van der Waals surface area contributed by atoms with Gasteiger partial charge in [0.15, 0.2) is 0 Å². The second-order valence-corrected chi connectivity index (χ2v) is 4.65. The van der Waals surface area contributed by atoms with Crippen molar-refractivity contribution in [2.24, 2.45) is 0 Å². The predicted octanol–water partition coefficient (Wildman–Crippen LogP) is 2.73. The summed E-state index contributed by atoms with van der Waals surface area (Å²) in [6.07, 6.45) is -0.298. The molecule has 0 aliphatic carbocycles. The Labute approximate surface area is 113 Å². The molecule has 0 spiro atoms. The molecule has 0 fully saturated rings. The van der Waals surface area contributed by atoms with E-state index < -0.39 is 11.7 Å². The van der Waals surface area contributed by atoms with Gasteiger partial charge in [0.05, 0.1) is 23.0 Å². The molecule has 2 aromatic rings. The zero-order chi connectivity index (χ0) is 14.2. The lowest BCUT2D eigenvalue weighted by Crippen LogP contribution is -2.32. The summed E-state index contributed by atoms with van der Waals surface area (Å²) in [5.74, 6) is 0. The van der Waals surface area contributed by atoms with Crippen LogP contribution in [0, 0.1) is 0 Å². The van der Waals surface area contributed by atoms with Crippen molar-refractivity contribution in [3.05, 3.63) is 59.2 Å². The molecule has 0 amide bonds. The van der Waals surface area contributed by atoms with Crippen molar-refractivity contribution < 1.29 is 13.2 Å². The van der Waals surface area contributed by atoms with Gasteiger partial charge in [-0.15, -0.1) is 0 Å². The number of hydrogen-bond acceptors (Lipinski definition) is 3. The lowest BCUT2D eigenvalue weighted by molar-refractivity contribution is -0.137. The average Bonchev–Trinajstić information content (AvgIpc) is 2.46. The number of benzene rings is 1. The van der Waals surface area contributed by atoms with E-state index >= 15 is 0 Å². The first-order valence-electron chi connectivity index (χ1n) is 6.26. The number of hydrogen-bond donors (Lipinski definition) is 1. The third-order valence-corrected chi connectivity index (χ3v) is 3.36. The highest BCUT2D eigenvalue weighted by Crippen LogP contribution is 2.31. The summed E-state index contributed by atoms with van der Waals surface area (Å²) in [4.78, 5) is 8.57. The zero-order valence-electron chi connectivity index (χ0n) is 10.5. The van der Waals surface area contributed by atoms with Gasteiger partial charge in [-0.2, -0.15) is 13.2 Å². The van der Waals surface area contributed by atoms with Gasteiger partial charge in [0.1, 0.15) is 0 Å². The largest absolute Gasteiger partial charge is 0.416 e. The smallest absolute Gasteiger partial charge is 0.305 e. The van der Waals surface area contributed by atoms with Gasteiger partial charge in [-0.3, -0.25) is 9.97 Å². The Bertz CT molecular complexity index is 608. The molecule has 1 aliphatic rings. The molecule has 0 radical (unpaired) electrons. The third kappa shape index (κ3) is 2.38. The van der Waals surface area contributed by atoms with Crippen LogP contribution in [0.4, 0.5) is 13.2 Å². The van der Waals surface area contributed by atoms with Gasteiger partial charge < -0.3 is 5.32 Å². The molecule has 20 heavy (non-hydrogen) atoms. The van der Waals surface area contributed by atoms with Crippen molar-refractivity contribution in [2.75, 3.05) is 6.54 Å². The normalized spacial score (nSPS) is 18.6. The Morgan fingerprint density at radius 2 is 1.75 bits per heavy atom. The van der Waals surface area contributed by atoms with Gasteiger partial charge in [-0.25, -0.2) is 0 Å². The highest BCUT2D eigenvalue weighted by atomic mass is 19.4. The molecule has 3 nitrogen and oxygen atoms in total. The number of nitrogens with zero attached hydrogens (tertiary/aromatic N) is 2. The Balaban J connectivity index is 1.95. The monoisotopic (exact) mass is 279 g/mol. The molecule has 104 valence electrons. The summed E-state index contributed by atoms with van der Waals surface area (Å²) < 4.78 is 37.7. The van der Waals surface area contributed by atoms with E-state index in [1.165, 1.54) is 12.1 Å². The Morgan fingerprint density at radius 3 is 2.45 bits per heavy atom. The first-order chi connectivity index (χ1) is 9.55. The predicted molar refractivity (Wildman–Crippen MR) is 67.0 cm³/mol. The maximum Gasteiger partial charge on any atom is 0.416 e. The van der Waals surface area contributed by atoms with Crippen molar-refractivity contribution >= 4 is 0 Å². The highest BCUT2D eigenvalue weighted by molar-refractivity contribution is 5.34. The summed E-state index contributed by atoms with van der Waals surface area (Å²) in [5.41, 5.74) is 1.81. The van der Waals surface area contributed by atoms with Crippen molar-refractivity contribution in [2.45, 2.75) is 18.6 Å². The summed E-state index contributed by atoms with van der Waals surface area (Å²) in [6, 6.07) is 4.98. The van der Waals surface area contributed by atoms with Crippen LogP contribution >= 0.6 is 0 Å². The van der Waals surface area contributed by atoms with Crippen LogP contribution in [0.1, 0.15) is 28.6 Å². The molecule has 6 heteroatoms. The number of alkyl halides is 3. The average molecular weight is 279 g/mol. The molecule has 1 N–H and O–H groups in total. The fraction of sp³-hybridized carbons (Fsp3) is 0.286. The van der Waals surface area contributed by atoms with Crippen LogP contribution in [0.5, 0.6) is 0 Å². The van der Waals surface area contributed by atoms with Crippen molar-refractivity contribution in [1.29, 1.82) is 0 Å². The van der Waals surface area contributed by atoms with Gasteiger partial charge in [-0.1, -0.05) is 12.1 Å². The van der Waals surface area contributed by atoms with Crippen LogP contribution in [0.3, 0.4) is 0 Å². The van der Waals surface area contributed by atoms with Crippen LogP contribution < -0.4 is 5.32 Å². The Morgan fingerprint density at radius 1 is 1.05 bits per heavy atom. The molecular weight excluding hydrogens is 267 g/mol. The maximum atomic E-state index is 12.6. The van der Waals surface area contributed by atoms with Gasteiger partial charge >= 0.3 is 6.18 Å². The van der Waals surface area contributed by atoms with Crippen LogP contribution in [-0.2, 0) is 12.6 Å². The molecule has 3 rings (SSSR count). The Kier molecular flexibility index (Phi) is 3.17. The number of rotatable bonds is 1. The maximum absolute atomic E-state index is 12.6. The molecule has 0 bridgehead atoms. The standard InChI is InChI=1S/C14H12F3N3/c15-14(16,17)10-3-1-9(2-4-10)12-13-11(5-6-19-12)18-7-8-20-13/h1-4,7-8,12,19H,5-6H2. The minimum absolute atomic E-state index is 0.199. The molecule has 2 heterocycles. The molecule has 1 aliphatic heterocycles. The van der Waals surface area contributed by atoms with Crippen molar-refractivity contribution in [1.82, 2.24) is 15.3 Å². The SMILES string of the molecule is FC(F)(F)c1ccc(C2NCCc3nccnc32)cc1. The molecule has 0 saturated heterocycles. The zero-order valence-corrected chi connectivity index (χ0v) is 10.5. The Hall–Kier alpha value is -1.95. The van der Waals surface area contributed by atoms with E-state index in [1.807, 2.05) is 0 Å². The van der Waals surface area contributed by atoms with Crippen LogP contribution in [-0.4, -0.2) is 16.5 Å². The number of nitrogens with one attached hydrogen (secondary N) is 1. The van der Waals surface area contributed by atoms with E-state index in [2.05, 4.69) is 15.3 Å². The minimum atomic E-state index is -4.31. The van der Waals surface area contributed by atoms with E-state index in [0.717, 1.165) is 42.0 Å². The van der Waals surface area contributed by atoms with E-state index in [0.29, 0.717) is 0 Å². The van der Waals surface area contributed by atoms with Gasteiger partial charge in [0.2, 0.25) is 0 Å². The second kappa shape index (κ2) is 4.86. The number of halogens is 3.